The Hall–Kier alpha value is -3.76. The first kappa shape index (κ1) is 24.4. The summed E-state index contributed by atoms with van der Waals surface area (Å²) < 4.78 is 1.91. The Balaban J connectivity index is 1.71. The van der Waals surface area contributed by atoms with E-state index in [4.69, 9.17) is 21.9 Å². The summed E-state index contributed by atoms with van der Waals surface area (Å²) in [5, 5.41) is 19.8. The van der Waals surface area contributed by atoms with Crippen molar-refractivity contribution in [2.45, 2.75) is 31.3 Å². The Morgan fingerprint density at radius 2 is 1.86 bits per heavy atom. The number of aromatic nitrogens is 2. The van der Waals surface area contributed by atoms with Gasteiger partial charge in [-0.1, -0.05) is 30.3 Å². The van der Waals surface area contributed by atoms with E-state index in [9.17, 15) is 14.7 Å². The van der Waals surface area contributed by atoms with E-state index in [-0.39, 0.29) is 18.3 Å². The van der Waals surface area contributed by atoms with Gasteiger partial charge in [-0.15, -0.1) is 0 Å². The molecule has 2 aromatic carbocycles. The zero-order valence-corrected chi connectivity index (χ0v) is 19.9. The van der Waals surface area contributed by atoms with Crippen molar-refractivity contribution in [2.24, 2.45) is 18.5 Å². The summed E-state index contributed by atoms with van der Waals surface area (Å²) in [6.45, 7) is 2.71. The van der Waals surface area contributed by atoms with E-state index in [0.29, 0.717) is 35.6 Å². The standard InChI is InChI=1S/C25H31N7O3/c1-25(29-14-20(33)34,24(35)32-11-3-4-12-32)17-9-10-19-18(13-17)30-23(31(19)2)21(26)15-5-7-16(8-6-15)22(27)28/h5-10,13,21,29H,3-4,11-12,14,26H2,1-2H3,(H3,27,28)(H,33,34)/t21?,25-/m1/s1. The fourth-order valence-corrected chi connectivity index (χ4v) is 4.62. The second-order valence-corrected chi connectivity index (χ2v) is 9.12. The summed E-state index contributed by atoms with van der Waals surface area (Å²) in [4.78, 5) is 31.3. The van der Waals surface area contributed by atoms with E-state index >= 15 is 0 Å². The number of nitrogens with zero attached hydrogens (tertiary/aromatic N) is 3. The van der Waals surface area contributed by atoms with Crippen molar-refractivity contribution in [3.8, 4) is 0 Å². The van der Waals surface area contributed by atoms with Gasteiger partial charge in [-0.2, -0.15) is 0 Å². The molecule has 0 radical (unpaired) electrons. The third-order valence-corrected chi connectivity index (χ3v) is 6.77. The summed E-state index contributed by atoms with van der Waals surface area (Å²) >= 11 is 0. The number of amidine groups is 1. The normalized spacial score (nSPS) is 16.3. The lowest BCUT2D eigenvalue weighted by molar-refractivity contribution is -0.139. The first-order chi connectivity index (χ1) is 16.6. The van der Waals surface area contributed by atoms with Crippen LogP contribution >= 0.6 is 0 Å². The molecule has 1 aromatic heterocycles. The van der Waals surface area contributed by atoms with Crippen LogP contribution in [0.5, 0.6) is 0 Å². The van der Waals surface area contributed by atoms with E-state index in [1.807, 2.05) is 41.9 Å². The summed E-state index contributed by atoms with van der Waals surface area (Å²) in [6, 6.07) is 12.2. The number of benzene rings is 2. The van der Waals surface area contributed by atoms with E-state index in [1.54, 1.807) is 24.0 Å². The molecule has 10 heteroatoms. The fourth-order valence-electron chi connectivity index (χ4n) is 4.62. The topological polar surface area (TPSA) is 163 Å². The molecule has 2 heterocycles. The number of nitrogen functional groups attached to an aromatic ring is 1. The number of imidazole rings is 1. The highest BCUT2D eigenvalue weighted by Crippen LogP contribution is 2.30. The number of amides is 1. The molecule has 0 aliphatic carbocycles. The molecule has 2 atom stereocenters. The molecule has 1 aliphatic rings. The fraction of sp³-hybridized carbons (Fsp3) is 0.360. The number of rotatable bonds is 8. The van der Waals surface area contributed by atoms with Gasteiger partial charge in [0.05, 0.1) is 23.6 Å². The Bertz CT molecular complexity index is 1280. The predicted molar refractivity (Wildman–Crippen MR) is 133 cm³/mol. The van der Waals surface area contributed by atoms with Crippen LogP contribution in [0, 0.1) is 5.41 Å². The van der Waals surface area contributed by atoms with Gasteiger partial charge in [0.15, 0.2) is 0 Å². The Kier molecular flexibility index (Phi) is 6.60. The van der Waals surface area contributed by atoms with Crippen LogP contribution in [0.3, 0.4) is 0 Å². The van der Waals surface area contributed by atoms with Crippen LogP contribution in [0.25, 0.3) is 11.0 Å². The number of nitrogens with two attached hydrogens (primary N) is 2. The minimum atomic E-state index is -1.21. The number of carboxylic acids is 1. The van der Waals surface area contributed by atoms with Crippen LogP contribution in [-0.4, -0.2) is 56.9 Å². The molecular formula is C25H31N7O3. The monoisotopic (exact) mass is 477 g/mol. The summed E-state index contributed by atoms with van der Waals surface area (Å²) in [5.74, 6) is -0.551. The van der Waals surface area contributed by atoms with Gasteiger partial charge in [0.2, 0.25) is 5.91 Å². The molecule has 1 fully saturated rings. The van der Waals surface area contributed by atoms with Gasteiger partial charge in [0.1, 0.15) is 17.2 Å². The van der Waals surface area contributed by atoms with Gasteiger partial charge in [0, 0.05) is 25.7 Å². The molecule has 1 unspecified atom stereocenters. The number of hydrogen-bond donors (Lipinski definition) is 5. The maximum Gasteiger partial charge on any atom is 0.317 e. The molecule has 184 valence electrons. The summed E-state index contributed by atoms with van der Waals surface area (Å²) in [7, 11) is 1.88. The molecule has 3 aromatic rings. The average Bonchev–Trinajstić information content (AvgIpc) is 3.50. The average molecular weight is 478 g/mol. The van der Waals surface area contributed by atoms with Gasteiger partial charge in [-0.3, -0.25) is 20.3 Å². The smallest absolute Gasteiger partial charge is 0.317 e. The van der Waals surface area contributed by atoms with Gasteiger partial charge in [0.25, 0.3) is 0 Å². The number of fused-ring (bicyclic) bond motifs is 1. The number of aryl methyl sites for hydroxylation is 1. The second kappa shape index (κ2) is 9.47. The van der Waals surface area contributed by atoms with Crippen LogP contribution < -0.4 is 16.8 Å². The number of likely N-dealkylation sites (tertiary alicyclic amines) is 1. The summed E-state index contributed by atoms with van der Waals surface area (Å²) in [6.07, 6.45) is 1.88. The first-order valence-electron chi connectivity index (χ1n) is 11.5. The molecule has 7 N–H and O–H groups in total. The maximum absolute atomic E-state index is 13.5. The molecule has 1 saturated heterocycles. The highest BCUT2D eigenvalue weighted by atomic mass is 16.4. The highest BCUT2D eigenvalue weighted by Gasteiger charge is 2.39. The molecule has 1 amide bonds. The number of carbonyl (C=O) groups is 2. The minimum absolute atomic E-state index is 0.0107. The van der Waals surface area contributed by atoms with E-state index in [1.165, 1.54) is 0 Å². The minimum Gasteiger partial charge on any atom is -0.480 e. The van der Waals surface area contributed by atoms with Crippen LogP contribution in [0.4, 0.5) is 0 Å². The zero-order valence-electron chi connectivity index (χ0n) is 19.9. The molecule has 0 bridgehead atoms. The first-order valence-corrected chi connectivity index (χ1v) is 11.5. The summed E-state index contributed by atoms with van der Waals surface area (Å²) in [5.41, 5.74) is 14.5. The van der Waals surface area contributed by atoms with Crippen molar-refractivity contribution in [1.29, 1.82) is 5.41 Å². The van der Waals surface area contributed by atoms with Crippen molar-refractivity contribution in [1.82, 2.24) is 19.8 Å². The molecule has 10 nitrogen and oxygen atoms in total. The van der Waals surface area contributed by atoms with Gasteiger partial charge >= 0.3 is 5.97 Å². The van der Waals surface area contributed by atoms with Crippen LogP contribution in [0.1, 0.15) is 48.3 Å². The lowest BCUT2D eigenvalue weighted by Gasteiger charge is -2.33. The van der Waals surface area contributed by atoms with Crippen LogP contribution in [0.2, 0.25) is 0 Å². The molecule has 4 rings (SSSR count). The lowest BCUT2D eigenvalue weighted by Crippen LogP contribution is -2.54. The molecule has 35 heavy (non-hydrogen) atoms. The zero-order chi connectivity index (χ0) is 25.3. The Labute approximate surface area is 203 Å². The second-order valence-electron chi connectivity index (χ2n) is 9.12. The van der Waals surface area contributed by atoms with Crippen molar-refractivity contribution in [2.75, 3.05) is 19.6 Å². The maximum atomic E-state index is 13.5. The van der Waals surface area contributed by atoms with Gasteiger partial charge < -0.3 is 26.0 Å². The molecular weight excluding hydrogens is 446 g/mol. The van der Waals surface area contributed by atoms with Crippen LogP contribution in [0.15, 0.2) is 42.5 Å². The highest BCUT2D eigenvalue weighted by molar-refractivity contribution is 5.95. The number of aliphatic carboxylic acids is 1. The van der Waals surface area contributed by atoms with Crippen molar-refractivity contribution in [3.05, 3.63) is 65.0 Å². The van der Waals surface area contributed by atoms with E-state index < -0.39 is 17.6 Å². The number of nitrogens with one attached hydrogen (secondary N) is 2. The van der Waals surface area contributed by atoms with Gasteiger partial charge in [-0.05, 0) is 43.0 Å². The molecule has 0 saturated carbocycles. The SMILES string of the molecule is Cn1c(C(N)c2ccc(C(=N)N)cc2)nc2cc([C@@](C)(NCC(=O)O)C(=O)N3CCCC3)ccc21. The van der Waals surface area contributed by atoms with E-state index in [0.717, 1.165) is 23.9 Å². The Morgan fingerprint density at radius 3 is 2.46 bits per heavy atom. The molecule has 1 aliphatic heterocycles. The van der Waals surface area contributed by atoms with Crippen molar-refractivity contribution >= 4 is 28.7 Å². The predicted octanol–water partition coefficient (Wildman–Crippen LogP) is 1.42. The van der Waals surface area contributed by atoms with Crippen molar-refractivity contribution in [3.63, 3.8) is 0 Å². The lowest BCUT2D eigenvalue weighted by atomic mass is 9.89. The quantitative estimate of drug-likeness (QED) is 0.242. The number of carboxylic acid groups (broad SMARTS) is 1. The van der Waals surface area contributed by atoms with E-state index in [2.05, 4.69) is 5.32 Å². The third-order valence-electron chi connectivity index (χ3n) is 6.77. The van der Waals surface area contributed by atoms with Gasteiger partial charge in [-0.25, -0.2) is 4.98 Å². The Morgan fingerprint density at radius 1 is 1.20 bits per heavy atom. The van der Waals surface area contributed by atoms with Crippen molar-refractivity contribution < 1.29 is 14.7 Å². The molecule has 0 spiro atoms. The number of carbonyl (C=O) groups excluding carboxylic acids is 1. The van der Waals surface area contributed by atoms with Crippen LogP contribution in [-0.2, 0) is 22.2 Å². The third kappa shape index (κ3) is 4.62. The largest absolute Gasteiger partial charge is 0.480 e. The number of hydrogen-bond acceptors (Lipinski definition) is 6.